The molecule has 2 heterocycles. The molecule has 172 valence electrons. The van der Waals surface area contributed by atoms with E-state index in [9.17, 15) is 13.2 Å². The van der Waals surface area contributed by atoms with Gasteiger partial charge < -0.3 is 16.0 Å². The van der Waals surface area contributed by atoms with Crippen LogP contribution in [0.4, 0.5) is 30.6 Å². The summed E-state index contributed by atoms with van der Waals surface area (Å²) in [6.45, 7) is 5.94. The van der Waals surface area contributed by atoms with Gasteiger partial charge in [-0.25, -0.2) is 9.97 Å². The standard InChI is InChI=1S/C22H23F3N8/c1-3-26-11-12-27-17-10-6-8-15-18(17)29-19(14-7-4-5-9-16(14)22(23,24)25)30-20(15)31-21-28-13(2)32-33-21/h4-10,26-27H,3,11-12H2,1-2H3,(H2,28,29,30,31,32,33). The van der Waals surface area contributed by atoms with Crippen molar-refractivity contribution in [2.24, 2.45) is 0 Å². The smallest absolute Gasteiger partial charge is 0.382 e. The number of hydrogen-bond acceptors (Lipinski definition) is 7. The van der Waals surface area contributed by atoms with Crippen LogP contribution in [0.5, 0.6) is 0 Å². The van der Waals surface area contributed by atoms with Crippen molar-refractivity contribution < 1.29 is 13.2 Å². The molecule has 4 rings (SSSR count). The molecule has 0 spiro atoms. The average molecular weight is 456 g/mol. The van der Waals surface area contributed by atoms with Crippen LogP contribution >= 0.6 is 0 Å². The molecule has 0 saturated heterocycles. The highest BCUT2D eigenvalue weighted by atomic mass is 19.4. The van der Waals surface area contributed by atoms with Crippen molar-refractivity contribution in [1.29, 1.82) is 0 Å². The fourth-order valence-electron chi connectivity index (χ4n) is 3.40. The minimum atomic E-state index is -4.55. The molecule has 0 aliphatic carbocycles. The maximum atomic E-state index is 13.7. The average Bonchev–Trinajstić information content (AvgIpc) is 3.20. The van der Waals surface area contributed by atoms with Gasteiger partial charge in [0, 0.05) is 24.0 Å². The largest absolute Gasteiger partial charge is 0.417 e. The van der Waals surface area contributed by atoms with Crippen LogP contribution in [0.2, 0.25) is 0 Å². The van der Waals surface area contributed by atoms with Crippen LogP contribution in [0.25, 0.3) is 22.3 Å². The number of aromatic amines is 1. The van der Waals surface area contributed by atoms with Crippen LogP contribution in [-0.4, -0.2) is 44.8 Å². The third-order valence-electron chi connectivity index (χ3n) is 4.89. The van der Waals surface area contributed by atoms with E-state index in [0.717, 1.165) is 19.2 Å². The van der Waals surface area contributed by atoms with Gasteiger partial charge in [0.15, 0.2) is 5.82 Å². The summed E-state index contributed by atoms with van der Waals surface area (Å²) in [5.74, 6) is 1.10. The Labute approximate surface area is 188 Å². The zero-order chi connectivity index (χ0) is 23.4. The van der Waals surface area contributed by atoms with Crippen molar-refractivity contribution >= 4 is 28.4 Å². The summed E-state index contributed by atoms with van der Waals surface area (Å²) in [6.07, 6.45) is -4.55. The summed E-state index contributed by atoms with van der Waals surface area (Å²) in [4.78, 5) is 13.2. The maximum absolute atomic E-state index is 13.7. The van der Waals surface area contributed by atoms with Gasteiger partial charge in [-0.2, -0.15) is 18.2 Å². The number of rotatable bonds is 8. The number of benzene rings is 2. The molecule has 33 heavy (non-hydrogen) atoms. The van der Waals surface area contributed by atoms with Crippen molar-refractivity contribution in [2.45, 2.75) is 20.0 Å². The predicted octanol–water partition coefficient (Wildman–Crippen LogP) is 4.51. The lowest BCUT2D eigenvalue weighted by molar-refractivity contribution is -0.137. The molecule has 2 aromatic heterocycles. The highest BCUT2D eigenvalue weighted by Gasteiger charge is 2.34. The molecule has 8 nitrogen and oxygen atoms in total. The van der Waals surface area contributed by atoms with E-state index in [1.807, 2.05) is 19.1 Å². The van der Waals surface area contributed by atoms with Gasteiger partial charge in [0.1, 0.15) is 11.6 Å². The SMILES string of the molecule is CCNCCNc1cccc2c(Nc3n[nH]c(C)n3)nc(-c3ccccc3C(F)(F)F)nc12. The monoisotopic (exact) mass is 456 g/mol. The first-order valence-corrected chi connectivity index (χ1v) is 10.4. The van der Waals surface area contributed by atoms with Gasteiger partial charge >= 0.3 is 6.18 Å². The van der Waals surface area contributed by atoms with Gasteiger partial charge in [0.25, 0.3) is 0 Å². The third kappa shape index (κ3) is 5.03. The zero-order valence-corrected chi connectivity index (χ0v) is 18.1. The fourth-order valence-corrected chi connectivity index (χ4v) is 3.40. The third-order valence-corrected chi connectivity index (χ3v) is 4.89. The van der Waals surface area contributed by atoms with Crippen LogP contribution in [-0.2, 0) is 6.18 Å². The Kier molecular flexibility index (Phi) is 6.40. The Bertz CT molecular complexity index is 1250. The second-order valence-electron chi connectivity index (χ2n) is 7.29. The van der Waals surface area contributed by atoms with E-state index >= 15 is 0 Å². The van der Waals surface area contributed by atoms with E-state index in [0.29, 0.717) is 34.8 Å². The minimum Gasteiger partial charge on any atom is -0.382 e. The number of alkyl halides is 3. The molecule has 4 aromatic rings. The van der Waals surface area contributed by atoms with Gasteiger partial charge in [0.2, 0.25) is 5.95 Å². The molecule has 0 amide bonds. The summed E-state index contributed by atoms with van der Waals surface area (Å²) >= 11 is 0. The first-order valence-electron chi connectivity index (χ1n) is 10.4. The van der Waals surface area contributed by atoms with E-state index in [-0.39, 0.29) is 17.3 Å². The molecule has 0 aliphatic rings. The van der Waals surface area contributed by atoms with Crippen molar-refractivity contribution in [2.75, 3.05) is 30.3 Å². The fraction of sp³-hybridized carbons (Fsp3) is 0.273. The van der Waals surface area contributed by atoms with E-state index < -0.39 is 11.7 Å². The van der Waals surface area contributed by atoms with E-state index in [1.165, 1.54) is 18.2 Å². The molecule has 0 bridgehead atoms. The number of hydrogen-bond donors (Lipinski definition) is 4. The molecule has 0 unspecified atom stereocenters. The molecule has 2 aromatic carbocycles. The summed E-state index contributed by atoms with van der Waals surface area (Å²) in [6, 6.07) is 10.7. The van der Waals surface area contributed by atoms with Crippen molar-refractivity contribution in [1.82, 2.24) is 30.5 Å². The Morgan fingerprint density at radius 1 is 0.970 bits per heavy atom. The first kappa shape index (κ1) is 22.5. The van der Waals surface area contributed by atoms with Crippen molar-refractivity contribution in [3.8, 4) is 11.4 Å². The Morgan fingerprint density at radius 2 is 1.79 bits per heavy atom. The second-order valence-corrected chi connectivity index (χ2v) is 7.29. The maximum Gasteiger partial charge on any atom is 0.417 e. The predicted molar refractivity (Wildman–Crippen MR) is 121 cm³/mol. The molecular formula is C22H23F3N8. The van der Waals surface area contributed by atoms with Gasteiger partial charge in [-0.3, -0.25) is 5.10 Å². The number of nitrogens with one attached hydrogen (secondary N) is 4. The number of nitrogens with zero attached hydrogens (tertiary/aromatic N) is 4. The van der Waals surface area contributed by atoms with Gasteiger partial charge in [0.05, 0.1) is 16.8 Å². The normalized spacial score (nSPS) is 11.7. The number of aryl methyl sites for hydroxylation is 1. The molecule has 0 fully saturated rings. The highest BCUT2D eigenvalue weighted by molar-refractivity contribution is 5.99. The topological polar surface area (TPSA) is 103 Å². The lowest BCUT2D eigenvalue weighted by Gasteiger charge is -2.16. The van der Waals surface area contributed by atoms with Crippen LogP contribution in [0.15, 0.2) is 42.5 Å². The number of likely N-dealkylation sites (N-methyl/N-ethyl adjacent to an activating group) is 1. The molecule has 0 atom stereocenters. The van der Waals surface area contributed by atoms with Crippen molar-refractivity contribution in [3.05, 3.63) is 53.9 Å². The number of aromatic nitrogens is 5. The number of anilines is 3. The van der Waals surface area contributed by atoms with E-state index in [1.54, 1.807) is 13.0 Å². The Hall–Kier alpha value is -3.73. The van der Waals surface area contributed by atoms with Crippen LogP contribution in [0.3, 0.4) is 0 Å². The number of fused-ring (bicyclic) bond motifs is 1. The molecule has 0 radical (unpaired) electrons. The quantitative estimate of drug-likeness (QED) is 0.289. The number of H-pyrrole nitrogens is 1. The Morgan fingerprint density at radius 3 is 2.52 bits per heavy atom. The molecule has 4 N–H and O–H groups in total. The minimum absolute atomic E-state index is 0.0499. The van der Waals surface area contributed by atoms with Crippen LogP contribution in [0.1, 0.15) is 18.3 Å². The van der Waals surface area contributed by atoms with E-state index in [4.69, 9.17) is 0 Å². The molecule has 11 heteroatoms. The number of para-hydroxylation sites is 1. The highest BCUT2D eigenvalue weighted by Crippen LogP contribution is 2.38. The summed E-state index contributed by atoms with van der Waals surface area (Å²) in [7, 11) is 0. The van der Waals surface area contributed by atoms with Gasteiger partial charge in [-0.15, -0.1) is 5.10 Å². The van der Waals surface area contributed by atoms with Gasteiger partial charge in [-0.05, 0) is 31.7 Å². The molecule has 0 aliphatic heterocycles. The summed E-state index contributed by atoms with van der Waals surface area (Å²) in [5, 5.41) is 16.9. The Balaban J connectivity index is 1.87. The second kappa shape index (κ2) is 9.41. The summed E-state index contributed by atoms with van der Waals surface area (Å²) in [5.41, 5.74) is 0.267. The molecule has 0 saturated carbocycles. The lowest BCUT2D eigenvalue weighted by atomic mass is 10.1. The molecular weight excluding hydrogens is 433 g/mol. The lowest BCUT2D eigenvalue weighted by Crippen LogP contribution is -2.21. The van der Waals surface area contributed by atoms with Gasteiger partial charge in [-0.1, -0.05) is 31.2 Å². The zero-order valence-electron chi connectivity index (χ0n) is 18.1. The van der Waals surface area contributed by atoms with Crippen LogP contribution < -0.4 is 16.0 Å². The number of halogens is 3. The van der Waals surface area contributed by atoms with E-state index in [2.05, 4.69) is 41.1 Å². The van der Waals surface area contributed by atoms with Crippen LogP contribution in [0, 0.1) is 6.92 Å². The van der Waals surface area contributed by atoms with Crippen molar-refractivity contribution in [3.63, 3.8) is 0 Å². The summed E-state index contributed by atoms with van der Waals surface area (Å²) < 4.78 is 41.1. The first-order chi connectivity index (χ1) is 15.9.